The molecule has 0 radical (unpaired) electrons. The van der Waals surface area contributed by atoms with Crippen LogP contribution in [0.25, 0.3) is 0 Å². The molecule has 0 aliphatic heterocycles. The molecule has 0 bridgehead atoms. The molecule has 1 fully saturated rings. The fourth-order valence-corrected chi connectivity index (χ4v) is 2.88. The number of hydrogen-bond acceptors (Lipinski definition) is 5. The molecule has 0 aromatic carbocycles. The monoisotopic (exact) mass is 304 g/mol. The van der Waals surface area contributed by atoms with Crippen LogP contribution in [0.4, 0.5) is 5.69 Å². The standard InChI is InChI=1S/C15H20N4O3/c1-10-14(8-16-19(10)11-5-3-4-6-11)17-15(20)13-7-12(9-21-2)22-18-13/h7-8,11H,3-6,9H2,1-2H3,(H,17,20). The second-order valence-corrected chi connectivity index (χ2v) is 5.59. The quantitative estimate of drug-likeness (QED) is 0.918. The SMILES string of the molecule is COCc1cc(C(=O)Nc2cnn(C3CCCC3)c2C)no1. The first kappa shape index (κ1) is 14.8. The lowest BCUT2D eigenvalue weighted by atomic mass is 10.2. The predicted molar refractivity (Wildman–Crippen MR) is 79.6 cm³/mol. The number of nitrogens with zero attached hydrogens (tertiary/aromatic N) is 3. The van der Waals surface area contributed by atoms with Gasteiger partial charge in [0.25, 0.3) is 5.91 Å². The van der Waals surface area contributed by atoms with Crippen LogP contribution in [0.2, 0.25) is 0 Å². The molecule has 1 amide bonds. The van der Waals surface area contributed by atoms with Crippen molar-refractivity contribution >= 4 is 11.6 Å². The van der Waals surface area contributed by atoms with Gasteiger partial charge in [-0.25, -0.2) is 0 Å². The second kappa shape index (κ2) is 6.31. The van der Waals surface area contributed by atoms with E-state index in [-0.39, 0.29) is 11.6 Å². The predicted octanol–water partition coefficient (Wildman–Crippen LogP) is 2.69. The topological polar surface area (TPSA) is 82.2 Å². The van der Waals surface area contributed by atoms with Crippen LogP contribution in [0.15, 0.2) is 16.8 Å². The van der Waals surface area contributed by atoms with Gasteiger partial charge in [-0.3, -0.25) is 9.48 Å². The number of carbonyl (C=O) groups excluding carboxylic acids is 1. The molecule has 0 atom stereocenters. The minimum absolute atomic E-state index is 0.236. The Morgan fingerprint density at radius 1 is 1.50 bits per heavy atom. The number of nitrogens with one attached hydrogen (secondary N) is 1. The third kappa shape index (κ3) is 2.89. The first-order valence-electron chi connectivity index (χ1n) is 7.49. The molecule has 2 heterocycles. The number of amides is 1. The van der Waals surface area contributed by atoms with E-state index < -0.39 is 0 Å². The van der Waals surface area contributed by atoms with Crippen molar-refractivity contribution in [1.29, 1.82) is 0 Å². The highest BCUT2D eigenvalue weighted by molar-refractivity contribution is 6.03. The van der Waals surface area contributed by atoms with E-state index in [2.05, 4.69) is 15.6 Å². The van der Waals surface area contributed by atoms with E-state index >= 15 is 0 Å². The number of aromatic nitrogens is 3. The zero-order valence-electron chi connectivity index (χ0n) is 12.8. The Morgan fingerprint density at radius 3 is 3.00 bits per heavy atom. The van der Waals surface area contributed by atoms with E-state index in [0.717, 1.165) is 18.5 Å². The Bertz CT molecular complexity index is 656. The Kier molecular flexibility index (Phi) is 4.24. The van der Waals surface area contributed by atoms with Gasteiger partial charge >= 0.3 is 0 Å². The average Bonchev–Trinajstić information content (AvgIpc) is 3.21. The van der Waals surface area contributed by atoms with Gasteiger partial charge in [0.2, 0.25) is 0 Å². The summed E-state index contributed by atoms with van der Waals surface area (Å²) in [6.45, 7) is 2.26. The molecule has 1 aliphatic carbocycles. The summed E-state index contributed by atoms with van der Waals surface area (Å²) in [5, 5.41) is 11.0. The van der Waals surface area contributed by atoms with Crippen molar-refractivity contribution in [3.05, 3.63) is 29.4 Å². The lowest BCUT2D eigenvalue weighted by Gasteiger charge is -2.12. The molecular weight excluding hydrogens is 284 g/mol. The Balaban J connectivity index is 1.70. The molecule has 0 saturated heterocycles. The normalized spacial score (nSPS) is 15.4. The largest absolute Gasteiger partial charge is 0.377 e. The van der Waals surface area contributed by atoms with Crippen LogP contribution in [0.1, 0.15) is 53.7 Å². The maximum atomic E-state index is 12.2. The molecule has 1 N–H and O–H groups in total. The lowest BCUT2D eigenvalue weighted by molar-refractivity contribution is 0.101. The van der Waals surface area contributed by atoms with Gasteiger partial charge < -0.3 is 14.6 Å². The van der Waals surface area contributed by atoms with Crippen LogP contribution in [0, 0.1) is 6.92 Å². The number of methoxy groups -OCH3 is 1. The molecule has 1 aliphatic rings. The van der Waals surface area contributed by atoms with Crippen molar-refractivity contribution in [2.24, 2.45) is 0 Å². The summed E-state index contributed by atoms with van der Waals surface area (Å²) >= 11 is 0. The molecule has 118 valence electrons. The van der Waals surface area contributed by atoms with Crippen LogP contribution in [0.3, 0.4) is 0 Å². The van der Waals surface area contributed by atoms with E-state index in [9.17, 15) is 4.79 Å². The minimum Gasteiger partial charge on any atom is -0.377 e. The van der Waals surface area contributed by atoms with Crippen LogP contribution >= 0.6 is 0 Å². The van der Waals surface area contributed by atoms with Gasteiger partial charge in [-0.2, -0.15) is 5.10 Å². The third-order valence-electron chi connectivity index (χ3n) is 4.04. The van der Waals surface area contributed by atoms with Crippen molar-refractivity contribution in [2.75, 3.05) is 12.4 Å². The molecule has 0 unspecified atom stereocenters. The van der Waals surface area contributed by atoms with Crippen molar-refractivity contribution in [3.63, 3.8) is 0 Å². The molecule has 3 rings (SSSR count). The molecule has 1 saturated carbocycles. The van der Waals surface area contributed by atoms with E-state index in [1.807, 2.05) is 11.6 Å². The van der Waals surface area contributed by atoms with Gasteiger partial charge in [-0.05, 0) is 19.8 Å². The first-order chi connectivity index (χ1) is 10.7. The number of rotatable bonds is 5. The smallest absolute Gasteiger partial charge is 0.277 e. The highest BCUT2D eigenvalue weighted by atomic mass is 16.5. The molecular formula is C15H20N4O3. The molecule has 22 heavy (non-hydrogen) atoms. The summed E-state index contributed by atoms with van der Waals surface area (Å²) in [6.07, 6.45) is 6.49. The fourth-order valence-electron chi connectivity index (χ4n) is 2.88. The van der Waals surface area contributed by atoms with Crippen molar-refractivity contribution in [1.82, 2.24) is 14.9 Å². The molecule has 0 spiro atoms. The van der Waals surface area contributed by atoms with Gasteiger partial charge in [0.1, 0.15) is 6.61 Å². The van der Waals surface area contributed by atoms with E-state index in [1.54, 1.807) is 19.4 Å². The molecule has 2 aromatic rings. The number of ether oxygens (including phenoxy) is 1. The average molecular weight is 304 g/mol. The van der Waals surface area contributed by atoms with Crippen LogP contribution in [-0.4, -0.2) is 28.0 Å². The second-order valence-electron chi connectivity index (χ2n) is 5.59. The maximum absolute atomic E-state index is 12.2. The Morgan fingerprint density at radius 2 is 2.27 bits per heavy atom. The number of carbonyl (C=O) groups is 1. The summed E-state index contributed by atoms with van der Waals surface area (Å²) in [7, 11) is 1.56. The third-order valence-corrected chi connectivity index (χ3v) is 4.04. The first-order valence-corrected chi connectivity index (χ1v) is 7.49. The number of anilines is 1. The van der Waals surface area contributed by atoms with Crippen molar-refractivity contribution in [2.45, 2.75) is 45.3 Å². The highest BCUT2D eigenvalue weighted by Crippen LogP contribution is 2.31. The van der Waals surface area contributed by atoms with Gasteiger partial charge in [0, 0.05) is 13.2 Å². The zero-order chi connectivity index (χ0) is 15.5. The molecule has 2 aromatic heterocycles. The minimum atomic E-state index is -0.305. The van der Waals surface area contributed by atoms with Crippen LogP contribution in [0.5, 0.6) is 0 Å². The van der Waals surface area contributed by atoms with Crippen molar-refractivity contribution in [3.8, 4) is 0 Å². The summed E-state index contributed by atoms with van der Waals surface area (Å²) in [4.78, 5) is 12.2. The van der Waals surface area contributed by atoms with Crippen LogP contribution < -0.4 is 5.32 Å². The maximum Gasteiger partial charge on any atom is 0.277 e. The fraction of sp³-hybridized carbons (Fsp3) is 0.533. The highest BCUT2D eigenvalue weighted by Gasteiger charge is 2.21. The van der Waals surface area contributed by atoms with Gasteiger partial charge in [0.15, 0.2) is 11.5 Å². The summed E-state index contributed by atoms with van der Waals surface area (Å²) in [5.74, 6) is 0.214. The van der Waals surface area contributed by atoms with E-state index in [4.69, 9.17) is 9.26 Å². The molecule has 7 nitrogen and oxygen atoms in total. The van der Waals surface area contributed by atoms with Crippen molar-refractivity contribution < 1.29 is 14.1 Å². The van der Waals surface area contributed by atoms with E-state index in [0.29, 0.717) is 24.1 Å². The summed E-state index contributed by atoms with van der Waals surface area (Å²) in [6, 6.07) is 2.03. The van der Waals surface area contributed by atoms with Crippen LogP contribution in [-0.2, 0) is 11.3 Å². The lowest BCUT2D eigenvalue weighted by Crippen LogP contribution is -2.14. The zero-order valence-corrected chi connectivity index (χ0v) is 12.8. The van der Waals surface area contributed by atoms with Gasteiger partial charge in [-0.15, -0.1) is 0 Å². The summed E-state index contributed by atoms with van der Waals surface area (Å²) < 4.78 is 12.0. The Hall–Kier alpha value is -2.15. The van der Waals surface area contributed by atoms with Gasteiger partial charge in [-0.1, -0.05) is 18.0 Å². The van der Waals surface area contributed by atoms with E-state index in [1.165, 1.54) is 12.8 Å². The van der Waals surface area contributed by atoms with Gasteiger partial charge in [0.05, 0.1) is 23.6 Å². The molecule has 7 heteroatoms. The number of hydrogen-bond donors (Lipinski definition) is 1. The Labute approximate surface area is 128 Å². The summed E-state index contributed by atoms with van der Waals surface area (Å²) in [5.41, 5.74) is 1.93.